The zero-order chi connectivity index (χ0) is 12.3. The van der Waals surface area contributed by atoms with Crippen LogP contribution in [0, 0.1) is 13.8 Å². The Balaban J connectivity index is 2.17. The molecule has 2 rings (SSSR count). The summed E-state index contributed by atoms with van der Waals surface area (Å²) >= 11 is 0. The lowest BCUT2D eigenvalue weighted by Crippen LogP contribution is -2.30. The van der Waals surface area contributed by atoms with E-state index in [0.717, 1.165) is 25.3 Å². The minimum Gasteiger partial charge on any atom is -0.369 e. The Hall–Kier alpha value is -1.09. The van der Waals surface area contributed by atoms with E-state index < -0.39 is 0 Å². The van der Waals surface area contributed by atoms with E-state index in [0.29, 0.717) is 6.04 Å². The Morgan fingerprint density at radius 2 is 2.24 bits per heavy atom. The molecule has 1 fully saturated rings. The van der Waals surface area contributed by atoms with Crippen LogP contribution in [0.25, 0.3) is 0 Å². The largest absolute Gasteiger partial charge is 0.369 e. The average Bonchev–Trinajstić information content (AvgIpc) is 2.54. The normalized spacial score (nSPS) is 21.4. The molecule has 1 unspecified atom stereocenters. The average molecular weight is 233 g/mol. The topological polar surface area (TPSA) is 28.2 Å². The van der Waals surface area contributed by atoms with E-state index in [1.807, 2.05) is 6.20 Å². The molecule has 0 amide bonds. The van der Waals surface area contributed by atoms with E-state index in [2.05, 4.69) is 42.0 Å². The highest BCUT2D eigenvalue weighted by Crippen LogP contribution is 2.23. The number of aromatic nitrogens is 1. The maximum Gasteiger partial charge on any atom is 0.0612 e. The third-order valence-electron chi connectivity index (χ3n) is 3.68. The van der Waals surface area contributed by atoms with Crippen molar-refractivity contribution in [3.8, 4) is 0 Å². The summed E-state index contributed by atoms with van der Waals surface area (Å²) in [4.78, 5) is 6.91. The first-order valence-corrected chi connectivity index (χ1v) is 6.63. The van der Waals surface area contributed by atoms with Crippen molar-refractivity contribution in [3.63, 3.8) is 0 Å². The van der Waals surface area contributed by atoms with Crippen LogP contribution in [-0.2, 0) is 0 Å². The molecule has 1 atom stereocenters. The van der Waals surface area contributed by atoms with Crippen LogP contribution in [0.2, 0.25) is 0 Å². The van der Waals surface area contributed by atoms with Crippen molar-refractivity contribution in [1.29, 1.82) is 0 Å². The summed E-state index contributed by atoms with van der Waals surface area (Å²) in [6, 6.07) is 2.79. The molecule has 2 heterocycles. The summed E-state index contributed by atoms with van der Waals surface area (Å²) in [6.45, 7) is 9.85. The molecule has 0 aromatic carbocycles. The molecule has 0 aliphatic carbocycles. The van der Waals surface area contributed by atoms with E-state index >= 15 is 0 Å². The van der Waals surface area contributed by atoms with E-state index in [4.69, 9.17) is 0 Å². The molecular formula is C14H23N3. The third kappa shape index (κ3) is 2.78. The highest BCUT2D eigenvalue weighted by Gasteiger charge is 2.18. The molecular weight excluding hydrogens is 210 g/mol. The molecule has 1 N–H and O–H groups in total. The van der Waals surface area contributed by atoms with Crippen molar-refractivity contribution in [2.24, 2.45) is 0 Å². The maximum absolute atomic E-state index is 4.42. The Kier molecular flexibility index (Phi) is 4.00. The second kappa shape index (κ2) is 5.50. The van der Waals surface area contributed by atoms with Gasteiger partial charge >= 0.3 is 0 Å². The van der Waals surface area contributed by atoms with Gasteiger partial charge in [-0.1, -0.05) is 6.92 Å². The van der Waals surface area contributed by atoms with E-state index in [1.165, 1.54) is 24.1 Å². The van der Waals surface area contributed by atoms with Crippen molar-refractivity contribution < 1.29 is 0 Å². The van der Waals surface area contributed by atoms with Crippen LogP contribution >= 0.6 is 0 Å². The summed E-state index contributed by atoms with van der Waals surface area (Å²) < 4.78 is 0. The van der Waals surface area contributed by atoms with Gasteiger partial charge in [0, 0.05) is 31.9 Å². The van der Waals surface area contributed by atoms with Gasteiger partial charge < -0.3 is 10.2 Å². The van der Waals surface area contributed by atoms with Gasteiger partial charge in [0.2, 0.25) is 0 Å². The Morgan fingerprint density at radius 3 is 2.94 bits per heavy atom. The quantitative estimate of drug-likeness (QED) is 0.849. The summed E-state index contributed by atoms with van der Waals surface area (Å²) in [5.74, 6) is 0. The smallest absolute Gasteiger partial charge is 0.0612 e. The van der Waals surface area contributed by atoms with Gasteiger partial charge in [0.25, 0.3) is 0 Å². The monoisotopic (exact) mass is 233 g/mol. The van der Waals surface area contributed by atoms with Crippen molar-refractivity contribution in [2.75, 3.05) is 24.5 Å². The number of hydrogen-bond acceptors (Lipinski definition) is 3. The molecule has 0 radical (unpaired) electrons. The molecule has 94 valence electrons. The van der Waals surface area contributed by atoms with Crippen LogP contribution < -0.4 is 10.2 Å². The molecule has 17 heavy (non-hydrogen) atoms. The maximum atomic E-state index is 4.42. The molecule has 0 spiro atoms. The first-order valence-electron chi connectivity index (χ1n) is 6.63. The van der Waals surface area contributed by atoms with Crippen molar-refractivity contribution >= 4 is 5.69 Å². The minimum absolute atomic E-state index is 0.678. The van der Waals surface area contributed by atoms with Gasteiger partial charge in [0.05, 0.1) is 11.4 Å². The van der Waals surface area contributed by atoms with Crippen molar-refractivity contribution in [2.45, 2.75) is 39.7 Å². The molecule has 3 heteroatoms. The molecule has 1 aromatic heterocycles. The first kappa shape index (κ1) is 12.4. The van der Waals surface area contributed by atoms with Gasteiger partial charge in [0.15, 0.2) is 0 Å². The fourth-order valence-electron chi connectivity index (χ4n) is 2.67. The molecule has 1 aliphatic rings. The van der Waals surface area contributed by atoms with Gasteiger partial charge in [0.1, 0.15) is 0 Å². The van der Waals surface area contributed by atoms with Gasteiger partial charge in [-0.3, -0.25) is 4.98 Å². The van der Waals surface area contributed by atoms with Crippen LogP contribution in [0.3, 0.4) is 0 Å². The molecule has 1 aromatic rings. The summed E-state index contributed by atoms with van der Waals surface area (Å²) in [6.07, 6.45) is 4.35. The van der Waals surface area contributed by atoms with Crippen molar-refractivity contribution in [3.05, 3.63) is 23.5 Å². The predicted molar refractivity (Wildman–Crippen MR) is 72.6 cm³/mol. The fraction of sp³-hybridized carbons (Fsp3) is 0.643. The Bertz CT molecular complexity index is 355. The molecule has 3 nitrogen and oxygen atoms in total. The van der Waals surface area contributed by atoms with Gasteiger partial charge in [-0.05, 0) is 38.3 Å². The van der Waals surface area contributed by atoms with Crippen LogP contribution in [0.15, 0.2) is 12.3 Å². The van der Waals surface area contributed by atoms with Gasteiger partial charge in [-0.15, -0.1) is 0 Å². The zero-order valence-electron chi connectivity index (χ0n) is 11.2. The summed E-state index contributed by atoms with van der Waals surface area (Å²) in [5.41, 5.74) is 3.83. The number of nitrogens with one attached hydrogen (secondary N) is 1. The lowest BCUT2D eigenvalue weighted by molar-refractivity contribution is 0.510. The number of aryl methyl sites for hydroxylation is 2. The van der Waals surface area contributed by atoms with Gasteiger partial charge in [-0.25, -0.2) is 0 Å². The van der Waals surface area contributed by atoms with Crippen LogP contribution in [0.5, 0.6) is 0 Å². The number of nitrogens with zero attached hydrogens (tertiary/aromatic N) is 2. The second-order valence-electron chi connectivity index (χ2n) is 4.90. The summed E-state index contributed by atoms with van der Waals surface area (Å²) in [7, 11) is 0. The standard InChI is InChI=1S/C14H23N3/c1-4-13-6-9-17(10-8-16-13)14-11(2)5-7-15-12(14)3/h5,7,13,16H,4,6,8-10H2,1-3H3. The van der Waals surface area contributed by atoms with Crippen molar-refractivity contribution in [1.82, 2.24) is 10.3 Å². The second-order valence-corrected chi connectivity index (χ2v) is 4.90. The van der Waals surface area contributed by atoms with Gasteiger partial charge in [-0.2, -0.15) is 0 Å². The lowest BCUT2D eigenvalue weighted by atomic mass is 10.1. The molecule has 0 saturated carbocycles. The molecule has 1 aliphatic heterocycles. The predicted octanol–water partition coefficient (Wildman–Crippen LogP) is 2.28. The Labute approximate surface area is 104 Å². The molecule has 1 saturated heterocycles. The Morgan fingerprint density at radius 1 is 1.41 bits per heavy atom. The van der Waals surface area contributed by atoms with Crippen LogP contribution in [0.4, 0.5) is 5.69 Å². The fourth-order valence-corrected chi connectivity index (χ4v) is 2.67. The van der Waals surface area contributed by atoms with E-state index in [9.17, 15) is 0 Å². The van der Waals surface area contributed by atoms with E-state index in [-0.39, 0.29) is 0 Å². The molecule has 0 bridgehead atoms. The third-order valence-corrected chi connectivity index (χ3v) is 3.68. The first-order chi connectivity index (χ1) is 8.22. The number of anilines is 1. The highest BCUT2D eigenvalue weighted by molar-refractivity contribution is 5.56. The van der Waals surface area contributed by atoms with Crippen LogP contribution in [-0.4, -0.2) is 30.7 Å². The lowest BCUT2D eigenvalue weighted by Gasteiger charge is -2.25. The minimum atomic E-state index is 0.678. The number of pyridine rings is 1. The SMILES string of the molecule is CCC1CCN(c2c(C)ccnc2C)CCN1. The number of hydrogen-bond donors (Lipinski definition) is 1. The van der Waals surface area contributed by atoms with Crippen LogP contribution in [0.1, 0.15) is 31.0 Å². The highest BCUT2D eigenvalue weighted by atomic mass is 15.2. The zero-order valence-corrected chi connectivity index (χ0v) is 11.2. The van der Waals surface area contributed by atoms with E-state index in [1.54, 1.807) is 0 Å². The number of rotatable bonds is 2. The summed E-state index contributed by atoms with van der Waals surface area (Å²) in [5, 5.41) is 3.61.